The molecule has 1 saturated carbocycles. The molecule has 1 heterocycles. The molecule has 6 nitrogen and oxygen atoms in total. The van der Waals surface area contributed by atoms with E-state index in [1.54, 1.807) is 10.8 Å². The van der Waals surface area contributed by atoms with Crippen molar-refractivity contribution in [1.82, 2.24) is 14.5 Å². The van der Waals surface area contributed by atoms with Gasteiger partial charge in [0.2, 0.25) is 20.9 Å². The summed E-state index contributed by atoms with van der Waals surface area (Å²) in [7, 11) is -3.62. The molecule has 0 radical (unpaired) electrons. The molecule has 0 spiro atoms. The van der Waals surface area contributed by atoms with Crippen molar-refractivity contribution in [3.63, 3.8) is 0 Å². The fourth-order valence-corrected chi connectivity index (χ4v) is 5.94. The van der Waals surface area contributed by atoms with Crippen molar-refractivity contribution in [2.24, 2.45) is 5.92 Å². The van der Waals surface area contributed by atoms with Crippen LogP contribution >= 0.6 is 0 Å². The summed E-state index contributed by atoms with van der Waals surface area (Å²) in [5, 5.41) is 0.0788. The van der Waals surface area contributed by atoms with E-state index in [1.807, 2.05) is 63.8 Å². The van der Waals surface area contributed by atoms with Crippen LogP contribution in [0.5, 0.6) is 0 Å². The Kier molecular flexibility index (Phi) is 7.24. The van der Waals surface area contributed by atoms with E-state index in [-0.39, 0.29) is 34.8 Å². The molecule has 0 N–H and O–H groups in total. The van der Waals surface area contributed by atoms with Crippen molar-refractivity contribution in [2.45, 2.75) is 89.8 Å². The Hall–Kier alpha value is -2.15. The van der Waals surface area contributed by atoms with Gasteiger partial charge < -0.3 is 9.47 Å². The van der Waals surface area contributed by atoms with E-state index in [2.05, 4.69) is 4.98 Å². The molecule has 7 heteroatoms. The van der Waals surface area contributed by atoms with Crippen LogP contribution < -0.4 is 0 Å². The van der Waals surface area contributed by atoms with E-state index in [0.29, 0.717) is 6.54 Å². The van der Waals surface area contributed by atoms with Crippen LogP contribution in [0.4, 0.5) is 0 Å². The van der Waals surface area contributed by atoms with Gasteiger partial charge >= 0.3 is 0 Å². The molecule has 3 rings (SSSR count). The number of carbonyl (C=O) groups excluding carboxylic acids is 1. The van der Waals surface area contributed by atoms with E-state index in [4.69, 9.17) is 0 Å². The number of carbonyl (C=O) groups is 1. The minimum Gasteiger partial charge on any atom is -0.334 e. The molecule has 1 amide bonds. The highest BCUT2D eigenvalue weighted by Gasteiger charge is 2.31. The van der Waals surface area contributed by atoms with Gasteiger partial charge in [-0.25, -0.2) is 13.4 Å². The Labute approximate surface area is 186 Å². The SMILES string of the molecule is Cc1ccc(CS(=O)(=O)c2ncc(CN(C(=O)C3CCCC3)C(C)C)n2C(C)C)cc1. The van der Waals surface area contributed by atoms with Crippen LogP contribution in [0, 0.1) is 12.8 Å². The summed E-state index contributed by atoms with van der Waals surface area (Å²) < 4.78 is 28.2. The first kappa shape index (κ1) is 23.5. The van der Waals surface area contributed by atoms with Gasteiger partial charge in [-0.05, 0) is 53.0 Å². The zero-order chi connectivity index (χ0) is 22.8. The maximum atomic E-state index is 13.2. The van der Waals surface area contributed by atoms with Crippen molar-refractivity contribution >= 4 is 15.7 Å². The van der Waals surface area contributed by atoms with Crippen LogP contribution in [-0.4, -0.2) is 34.8 Å². The van der Waals surface area contributed by atoms with E-state index in [1.165, 1.54) is 0 Å². The average molecular weight is 446 g/mol. The minimum atomic E-state index is -3.62. The number of amides is 1. The summed E-state index contributed by atoms with van der Waals surface area (Å²) in [5.74, 6) is 0.168. The first-order chi connectivity index (χ1) is 14.6. The zero-order valence-electron chi connectivity index (χ0n) is 19.3. The molecule has 1 fully saturated rings. The van der Waals surface area contributed by atoms with Crippen molar-refractivity contribution in [3.8, 4) is 0 Å². The number of hydrogen-bond donors (Lipinski definition) is 0. The maximum absolute atomic E-state index is 13.2. The number of aromatic nitrogens is 2. The highest BCUT2D eigenvalue weighted by Crippen LogP contribution is 2.29. The van der Waals surface area contributed by atoms with Gasteiger partial charge in [-0.3, -0.25) is 4.79 Å². The van der Waals surface area contributed by atoms with Gasteiger partial charge in [-0.2, -0.15) is 0 Å². The number of sulfone groups is 1. The van der Waals surface area contributed by atoms with Gasteiger partial charge in [-0.1, -0.05) is 42.7 Å². The Morgan fingerprint density at radius 1 is 1.13 bits per heavy atom. The lowest BCUT2D eigenvalue weighted by molar-refractivity contribution is -0.137. The monoisotopic (exact) mass is 445 g/mol. The van der Waals surface area contributed by atoms with Crippen molar-refractivity contribution in [3.05, 3.63) is 47.3 Å². The number of imidazole rings is 1. The average Bonchev–Trinajstić information content (AvgIpc) is 3.37. The molecule has 0 unspecified atom stereocenters. The Balaban J connectivity index is 1.90. The second-order valence-corrected chi connectivity index (χ2v) is 11.2. The van der Waals surface area contributed by atoms with E-state index >= 15 is 0 Å². The number of aryl methyl sites for hydroxylation is 1. The van der Waals surface area contributed by atoms with Crippen molar-refractivity contribution < 1.29 is 13.2 Å². The molecule has 1 aromatic carbocycles. The Morgan fingerprint density at radius 2 is 1.74 bits per heavy atom. The largest absolute Gasteiger partial charge is 0.334 e. The van der Waals surface area contributed by atoms with Crippen LogP contribution in [0.3, 0.4) is 0 Å². The summed E-state index contributed by atoms with van der Waals surface area (Å²) >= 11 is 0. The smallest absolute Gasteiger partial charge is 0.228 e. The lowest BCUT2D eigenvalue weighted by Gasteiger charge is -2.30. The van der Waals surface area contributed by atoms with Gasteiger partial charge in [-0.15, -0.1) is 0 Å². The van der Waals surface area contributed by atoms with Gasteiger partial charge in [0.1, 0.15) is 0 Å². The van der Waals surface area contributed by atoms with Gasteiger partial charge in [0.25, 0.3) is 0 Å². The van der Waals surface area contributed by atoms with E-state index in [9.17, 15) is 13.2 Å². The molecule has 2 aromatic rings. The summed E-state index contributed by atoms with van der Waals surface area (Å²) in [6.07, 6.45) is 5.73. The van der Waals surface area contributed by atoms with Crippen molar-refractivity contribution in [1.29, 1.82) is 0 Å². The van der Waals surface area contributed by atoms with E-state index < -0.39 is 9.84 Å². The molecule has 1 aliphatic rings. The summed E-state index contributed by atoms with van der Waals surface area (Å²) in [6, 6.07) is 7.47. The third-order valence-corrected chi connectivity index (χ3v) is 7.63. The highest BCUT2D eigenvalue weighted by atomic mass is 32.2. The third kappa shape index (κ3) is 5.37. The molecule has 0 atom stereocenters. The first-order valence-corrected chi connectivity index (χ1v) is 12.9. The molecular formula is C24H35N3O3S. The molecular weight excluding hydrogens is 410 g/mol. The molecule has 31 heavy (non-hydrogen) atoms. The third-order valence-electron chi connectivity index (χ3n) is 6.05. The minimum absolute atomic E-state index is 0.0382. The number of hydrogen-bond acceptors (Lipinski definition) is 4. The van der Waals surface area contributed by atoms with Gasteiger partial charge in [0, 0.05) is 18.0 Å². The van der Waals surface area contributed by atoms with Crippen LogP contribution in [-0.2, 0) is 26.9 Å². The van der Waals surface area contributed by atoms with Gasteiger partial charge in [0.05, 0.1) is 24.2 Å². The number of nitrogens with zero attached hydrogens (tertiary/aromatic N) is 3. The molecule has 1 aromatic heterocycles. The highest BCUT2D eigenvalue weighted by molar-refractivity contribution is 7.90. The van der Waals surface area contributed by atoms with Crippen molar-refractivity contribution in [2.75, 3.05) is 0 Å². The maximum Gasteiger partial charge on any atom is 0.228 e. The zero-order valence-corrected chi connectivity index (χ0v) is 20.2. The summed E-state index contributed by atoms with van der Waals surface area (Å²) in [6.45, 7) is 10.3. The fraction of sp³-hybridized carbons (Fsp3) is 0.583. The molecule has 0 aliphatic heterocycles. The summed E-state index contributed by atoms with van der Waals surface area (Å²) in [4.78, 5) is 19.3. The first-order valence-electron chi connectivity index (χ1n) is 11.2. The Morgan fingerprint density at radius 3 is 2.29 bits per heavy atom. The van der Waals surface area contributed by atoms with Crippen LogP contribution in [0.15, 0.2) is 35.6 Å². The standard InChI is InChI=1S/C24H35N3O3S/c1-17(2)26(23(28)21-8-6-7-9-21)15-22-14-25-24(27(22)18(3)4)31(29,30)16-20-12-10-19(5)11-13-20/h10-14,17-18,21H,6-9,15-16H2,1-5H3. The second-order valence-electron chi connectivity index (χ2n) is 9.28. The number of rotatable bonds is 8. The Bertz CT molecular complexity index is 1000. The predicted molar refractivity (Wildman–Crippen MR) is 122 cm³/mol. The summed E-state index contributed by atoms with van der Waals surface area (Å²) in [5.41, 5.74) is 2.59. The molecule has 0 saturated heterocycles. The van der Waals surface area contributed by atoms with Crippen LogP contribution in [0.25, 0.3) is 0 Å². The van der Waals surface area contributed by atoms with Gasteiger partial charge in [0.15, 0.2) is 0 Å². The van der Waals surface area contributed by atoms with Crippen LogP contribution in [0.1, 0.15) is 76.2 Å². The molecule has 1 aliphatic carbocycles. The lowest BCUT2D eigenvalue weighted by atomic mass is 10.1. The topological polar surface area (TPSA) is 72.3 Å². The number of benzene rings is 1. The quantitative estimate of drug-likeness (QED) is 0.592. The molecule has 0 bridgehead atoms. The lowest BCUT2D eigenvalue weighted by Crippen LogP contribution is -2.40. The normalized spacial score (nSPS) is 15.2. The van der Waals surface area contributed by atoms with Crippen LogP contribution in [0.2, 0.25) is 0 Å². The predicted octanol–water partition coefficient (Wildman–Crippen LogP) is 4.67. The fourth-order valence-electron chi connectivity index (χ4n) is 4.34. The molecule has 170 valence electrons. The second kappa shape index (κ2) is 9.55. The van der Waals surface area contributed by atoms with E-state index in [0.717, 1.165) is 42.5 Å².